The molecule has 63 heavy (non-hydrogen) atoms. The largest absolute Gasteiger partial charge is 0.501 e. The topological polar surface area (TPSA) is 382 Å². The molecule has 0 bridgehead atoms. The van der Waals surface area contributed by atoms with Crippen LogP contribution in [0.25, 0.3) is 0 Å². The van der Waals surface area contributed by atoms with Gasteiger partial charge in [0.25, 0.3) is 0 Å². The third-order valence-corrected chi connectivity index (χ3v) is 13.8. The molecular weight excluding hydrogens is 859 g/mol. The Kier molecular flexibility index (Phi) is 31.6. The Morgan fingerprint density at radius 1 is 0.413 bits per heavy atom. The van der Waals surface area contributed by atoms with E-state index in [-0.39, 0.29) is 12.5 Å². The molecular formula is C40H80NO21Si+. The lowest BCUT2D eigenvalue weighted by Crippen LogP contribution is -2.56. The van der Waals surface area contributed by atoms with Gasteiger partial charge in [-0.3, -0.25) is 0 Å². The standard InChI is InChI=1S/C40H79NO21Si/c1-4-5-6-7-8-9-10-11-12-13-14-15-16-17-18-20-41(2,3)21-19-22-63(60-23-26(42)29(45)32(48)35(51)38(54)55,61-24-27(43)30(46)33(49)36(52)39(56)57)62-25-28(44)31(47)34(50)37(53)40(58)59/h26-37,42-53H,4-25H2,1-3H3,(H2-,54,55,56,57,58,59)/p+1. The van der Waals surface area contributed by atoms with E-state index in [2.05, 4.69) is 6.92 Å². The first kappa shape index (κ1) is 61.0. The number of nitrogens with zero attached hydrogens (tertiary/aromatic N) is 1. The SMILES string of the molecule is CCCCCCCCCCCCCCCCC[N+](C)(C)CCC[Si](OCC(O)C(O)C(O)C(O)C(=O)O)(OCC(O)C(O)C(O)C(O)C(=O)O)OCC(O)C(O)C(O)C(O)C(=O)O. The fourth-order valence-electron chi connectivity index (χ4n) is 6.70. The molecule has 0 saturated carbocycles. The van der Waals surface area contributed by atoms with Crippen molar-refractivity contribution in [3.8, 4) is 0 Å². The van der Waals surface area contributed by atoms with Crippen molar-refractivity contribution in [1.29, 1.82) is 0 Å². The van der Waals surface area contributed by atoms with Crippen LogP contribution >= 0.6 is 0 Å². The Morgan fingerprint density at radius 3 is 0.937 bits per heavy atom. The molecule has 12 atom stereocenters. The number of unbranched alkanes of at least 4 members (excludes halogenated alkanes) is 14. The van der Waals surface area contributed by atoms with Gasteiger partial charge in [0.2, 0.25) is 0 Å². The van der Waals surface area contributed by atoms with Crippen LogP contribution in [0, 0.1) is 0 Å². The molecule has 0 fully saturated rings. The van der Waals surface area contributed by atoms with E-state index in [1.165, 1.54) is 70.6 Å². The van der Waals surface area contributed by atoms with Crippen molar-refractivity contribution < 1.29 is 109 Å². The molecule has 0 heterocycles. The Morgan fingerprint density at radius 2 is 0.667 bits per heavy atom. The van der Waals surface area contributed by atoms with Gasteiger partial charge in [-0.15, -0.1) is 0 Å². The number of carboxylic acids is 3. The quantitative estimate of drug-likeness (QED) is 0.0177. The van der Waals surface area contributed by atoms with Gasteiger partial charge < -0.3 is 94.4 Å². The maximum atomic E-state index is 11.2. The first-order valence-electron chi connectivity index (χ1n) is 22.0. The summed E-state index contributed by atoms with van der Waals surface area (Å²) in [5.74, 6) is -5.83. The lowest BCUT2D eigenvalue weighted by atomic mass is 10.0. The van der Waals surface area contributed by atoms with E-state index in [4.69, 9.17) is 28.6 Å². The van der Waals surface area contributed by atoms with Crippen LogP contribution < -0.4 is 0 Å². The van der Waals surface area contributed by atoms with Gasteiger partial charge in [-0.1, -0.05) is 90.4 Å². The number of carbonyl (C=O) groups is 3. The minimum Gasteiger partial charge on any atom is -0.479 e. The molecule has 0 aromatic rings. The molecule has 0 radical (unpaired) electrons. The van der Waals surface area contributed by atoms with Crippen LogP contribution in [0.5, 0.6) is 0 Å². The van der Waals surface area contributed by atoms with Crippen LogP contribution in [0.2, 0.25) is 6.04 Å². The predicted octanol–water partition coefficient (Wildman–Crippen LogP) is -2.10. The molecule has 0 amide bonds. The van der Waals surface area contributed by atoms with E-state index in [0.29, 0.717) is 11.0 Å². The van der Waals surface area contributed by atoms with E-state index in [1.807, 2.05) is 14.1 Å². The Hall–Kier alpha value is -2.01. The van der Waals surface area contributed by atoms with Crippen LogP contribution in [0.1, 0.15) is 110 Å². The summed E-state index contributed by atoms with van der Waals surface area (Å²) >= 11 is 0. The second kappa shape index (κ2) is 32.6. The van der Waals surface area contributed by atoms with E-state index >= 15 is 0 Å². The molecule has 12 unspecified atom stereocenters. The van der Waals surface area contributed by atoms with E-state index in [9.17, 15) is 75.7 Å². The zero-order valence-electron chi connectivity index (χ0n) is 37.1. The number of aliphatic hydroxyl groups excluding tert-OH is 12. The van der Waals surface area contributed by atoms with Crippen LogP contribution in [-0.2, 0) is 27.7 Å². The number of hydrogen-bond donors (Lipinski definition) is 15. The van der Waals surface area contributed by atoms with Crippen molar-refractivity contribution >= 4 is 26.7 Å². The molecule has 0 spiro atoms. The first-order chi connectivity index (χ1) is 29.4. The molecule has 0 aliphatic carbocycles. The summed E-state index contributed by atoms with van der Waals surface area (Å²) in [4.78, 5) is 33.5. The summed E-state index contributed by atoms with van der Waals surface area (Å²) in [6.07, 6.45) is -10.5. The third-order valence-electron chi connectivity index (χ3n) is 11.0. The molecule has 0 aromatic heterocycles. The van der Waals surface area contributed by atoms with Crippen molar-refractivity contribution in [1.82, 2.24) is 0 Å². The van der Waals surface area contributed by atoms with Crippen LogP contribution in [0.4, 0.5) is 0 Å². The van der Waals surface area contributed by atoms with Gasteiger partial charge in [-0.2, -0.15) is 0 Å². The maximum absolute atomic E-state index is 11.2. The lowest BCUT2D eigenvalue weighted by molar-refractivity contribution is -0.890. The Balaban J connectivity index is 5.98. The fourth-order valence-corrected chi connectivity index (χ4v) is 9.25. The molecule has 0 aromatic carbocycles. The summed E-state index contributed by atoms with van der Waals surface area (Å²) < 4.78 is 17.9. The molecule has 22 nitrogen and oxygen atoms in total. The average molecular weight is 939 g/mol. The molecule has 0 aliphatic heterocycles. The minimum absolute atomic E-state index is 0.148. The number of aliphatic hydroxyl groups is 12. The highest BCUT2D eigenvalue weighted by Gasteiger charge is 2.47. The molecule has 23 heteroatoms. The zero-order valence-corrected chi connectivity index (χ0v) is 38.1. The molecule has 0 aliphatic rings. The predicted molar refractivity (Wildman–Crippen MR) is 225 cm³/mol. The normalized spacial score (nSPS) is 19.1. The average Bonchev–Trinajstić information content (AvgIpc) is 3.24. The smallest absolute Gasteiger partial charge is 0.479 e. The van der Waals surface area contributed by atoms with Crippen molar-refractivity contribution in [3.05, 3.63) is 0 Å². The summed E-state index contributed by atoms with van der Waals surface area (Å²) in [5, 5.41) is 150. The summed E-state index contributed by atoms with van der Waals surface area (Å²) in [6.45, 7) is 0.145. The van der Waals surface area contributed by atoms with Gasteiger partial charge in [-0.25, -0.2) is 14.4 Å². The minimum atomic E-state index is -4.65. The van der Waals surface area contributed by atoms with Crippen molar-refractivity contribution in [2.75, 3.05) is 47.0 Å². The highest BCUT2D eigenvalue weighted by Crippen LogP contribution is 2.24. The lowest BCUT2D eigenvalue weighted by Gasteiger charge is -2.36. The zero-order chi connectivity index (χ0) is 48.3. The number of quaternary nitrogens is 1. The molecule has 15 N–H and O–H groups in total. The Labute approximate surface area is 370 Å². The van der Waals surface area contributed by atoms with Gasteiger partial charge in [0.15, 0.2) is 18.3 Å². The van der Waals surface area contributed by atoms with E-state index in [0.717, 1.165) is 32.2 Å². The second-order valence-electron chi connectivity index (χ2n) is 17.0. The molecule has 374 valence electrons. The first-order valence-corrected chi connectivity index (χ1v) is 24.0. The van der Waals surface area contributed by atoms with Gasteiger partial charge in [0, 0.05) is 12.5 Å². The number of aliphatic carboxylic acids is 3. The monoisotopic (exact) mass is 938 g/mol. The number of hydrogen-bond acceptors (Lipinski definition) is 18. The van der Waals surface area contributed by atoms with Crippen molar-refractivity contribution in [2.45, 2.75) is 189 Å². The van der Waals surface area contributed by atoms with E-state index in [1.54, 1.807) is 0 Å². The summed E-state index contributed by atoms with van der Waals surface area (Å²) in [7, 11) is -0.773. The maximum Gasteiger partial charge on any atom is 0.501 e. The van der Waals surface area contributed by atoms with Crippen LogP contribution in [0.3, 0.4) is 0 Å². The number of rotatable bonds is 41. The molecule has 0 rings (SSSR count). The van der Waals surface area contributed by atoms with Crippen molar-refractivity contribution in [3.63, 3.8) is 0 Å². The molecule has 0 saturated heterocycles. The third kappa shape index (κ3) is 24.9. The van der Waals surface area contributed by atoms with Gasteiger partial charge in [0.1, 0.15) is 54.9 Å². The van der Waals surface area contributed by atoms with Crippen LogP contribution in [-0.4, -0.2) is 228 Å². The summed E-state index contributed by atoms with van der Waals surface area (Å²) in [6, 6.07) is -0.289. The van der Waals surface area contributed by atoms with Gasteiger partial charge in [-0.05, 0) is 12.8 Å². The van der Waals surface area contributed by atoms with Crippen molar-refractivity contribution in [2.24, 2.45) is 0 Å². The van der Waals surface area contributed by atoms with Crippen LogP contribution in [0.15, 0.2) is 0 Å². The van der Waals surface area contributed by atoms with E-state index < -0.39 is 120 Å². The fraction of sp³-hybridized carbons (Fsp3) is 0.925. The highest BCUT2D eigenvalue weighted by molar-refractivity contribution is 6.60. The van der Waals surface area contributed by atoms with Gasteiger partial charge >= 0.3 is 26.7 Å². The number of carboxylic acid groups (broad SMARTS) is 3. The highest BCUT2D eigenvalue weighted by atomic mass is 28.4. The van der Waals surface area contributed by atoms with Gasteiger partial charge in [0.05, 0.1) is 47.0 Å². The Bertz CT molecular complexity index is 1140. The second-order valence-corrected chi connectivity index (χ2v) is 19.8. The summed E-state index contributed by atoms with van der Waals surface area (Å²) in [5.41, 5.74) is 0.